The van der Waals surface area contributed by atoms with Gasteiger partial charge in [-0.15, -0.1) is 0 Å². The molecule has 0 atom stereocenters. The summed E-state index contributed by atoms with van der Waals surface area (Å²) in [6.45, 7) is 0. The third-order valence-corrected chi connectivity index (χ3v) is 4.72. The Morgan fingerprint density at radius 1 is 0.920 bits per heavy atom. The number of hydrogen-bond donors (Lipinski definition) is 2. The molecule has 1 saturated carbocycles. The predicted molar refractivity (Wildman–Crippen MR) is 95.2 cm³/mol. The van der Waals surface area contributed by atoms with E-state index in [0.717, 1.165) is 48.3 Å². The first-order chi connectivity index (χ1) is 12.1. The molecule has 0 aliphatic heterocycles. The van der Waals surface area contributed by atoms with Gasteiger partial charge in [-0.3, -0.25) is 14.8 Å². The molecular weight excluding hydrogens is 316 g/mol. The van der Waals surface area contributed by atoms with Gasteiger partial charge in [0.1, 0.15) is 0 Å². The van der Waals surface area contributed by atoms with Gasteiger partial charge in [0.2, 0.25) is 5.91 Å². The average molecular weight is 338 g/mol. The van der Waals surface area contributed by atoms with Crippen LogP contribution in [0.5, 0.6) is 0 Å². The molecule has 25 heavy (non-hydrogen) atoms. The maximum atomic E-state index is 12.6. The molecule has 0 heterocycles. The van der Waals surface area contributed by atoms with E-state index in [2.05, 4.69) is 0 Å². The van der Waals surface area contributed by atoms with E-state index in [1.807, 2.05) is 12.1 Å². The second-order valence-corrected chi connectivity index (χ2v) is 6.47. The summed E-state index contributed by atoms with van der Waals surface area (Å²) < 4.78 is 0. The molecule has 5 nitrogen and oxygen atoms in total. The largest absolute Gasteiger partial charge is 0.366 e. The molecule has 0 unspecified atom stereocenters. The van der Waals surface area contributed by atoms with E-state index in [-0.39, 0.29) is 11.9 Å². The molecule has 0 bridgehead atoms. The number of nitrogens with two attached hydrogens (primary N) is 1. The lowest BCUT2D eigenvalue weighted by Gasteiger charge is -2.29. The molecule has 3 rings (SSSR count). The minimum atomic E-state index is -0.493. The zero-order valence-corrected chi connectivity index (χ0v) is 14.0. The van der Waals surface area contributed by atoms with Crippen molar-refractivity contribution in [2.75, 3.05) is 0 Å². The highest BCUT2D eigenvalue weighted by Gasteiger charge is 2.25. The van der Waals surface area contributed by atoms with Crippen molar-refractivity contribution in [3.05, 3.63) is 59.7 Å². The summed E-state index contributed by atoms with van der Waals surface area (Å²) in [5, 5.41) is 11.2. The highest BCUT2D eigenvalue weighted by Crippen LogP contribution is 2.25. The molecule has 2 aromatic rings. The molecule has 2 aromatic carbocycles. The number of hydrogen-bond acceptors (Lipinski definition) is 3. The fourth-order valence-corrected chi connectivity index (χ4v) is 3.31. The van der Waals surface area contributed by atoms with Gasteiger partial charge in [0, 0.05) is 11.1 Å². The van der Waals surface area contributed by atoms with Crippen molar-refractivity contribution in [2.24, 2.45) is 5.73 Å². The second-order valence-electron chi connectivity index (χ2n) is 6.47. The van der Waals surface area contributed by atoms with Crippen molar-refractivity contribution < 1.29 is 14.8 Å². The van der Waals surface area contributed by atoms with Gasteiger partial charge in [-0.1, -0.05) is 43.5 Å². The van der Waals surface area contributed by atoms with Gasteiger partial charge in [-0.2, -0.15) is 0 Å². The molecule has 5 heteroatoms. The molecule has 1 aliphatic carbocycles. The van der Waals surface area contributed by atoms with Crippen LogP contribution in [-0.4, -0.2) is 28.1 Å². The summed E-state index contributed by atoms with van der Waals surface area (Å²) >= 11 is 0. The topological polar surface area (TPSA) is 83.6 Å². The first kappa shape index (κ1) is 17.2. The lowest BCUT2D eigenvalue weighted by molar-refractivity contribution is -0.0963. The fraction of sp³-hybridized carbons (Fsp3) is 0.300. The van der Waals surface area contributed by atoms with E-state index in [1.165, 1.54) is 0 Å². The summed E-state index contributed by atoms with van der Waals surface area (Å²) in [4.78, 5) is 24.0. The Labute approximate surface area is 147 Å². The van der Waals surface area contributed by atoms with Crippen molar-refractivity contribution in [1.29, 1.82) is 0 Å². The van der Waals surface area contributed by atoms with Crippen molar-refractivity contribution in [3.8, 4) is 11.1 Å². The SMILES string of the molecule is NC(=O)c1cccc(-c2cccc(C(=O)N(O)C3CCCCC3)c2)c1. The number of carbonyl (C=O) groups is 2. The maximum absolute atomic E-state index is 12.6. The number of carbonyl (C=O) groups excluding carboxylic acids is 2. The summed E-state index contributed by atoms with van der Waals surface area (Å²) in [7, 11) is 0. The van der Waals surface area contributed by atoms with Crippen molar-refractivity contribution in [2.45, 2.75) is 38.1 Å². The molecule has 0 aromatic heterocycles. The summed E-state index contributed by atoms with van der Waals surface area (Å²) in [6, 6.07) is 13.9. The first-order valence-corrected chi connectivity index (χ1v) is 8.59. The molecule has 0 radical (unpaired) electrons. The maximum Gasteiger partial charge on any atom is 0.277 e. The first-order valence-electron chi connectivity index (χ1n) is 8.59. The molecule has 0 spiro atoms. The van der Waals surface area contributed by atoms with Crippen molar-refractivity contribution >= 4 is 11.8 Å². The number of hydroxylamine groups is 2. The number of benzene rings is 2. The zero-order valence-electron chi connectivity index (χ0n) is 14.0. The van der Waals surface area contributed by atoms with Crippen LogP contribution in [0.2, 0.25) is 0 Å². The van der Waals surface area contributed by atoms with Gasteiger partial charge < -0.3 is 5.73 Å². The molecular formula is C20H22N2O3. The molecule has 130 valence electrons. The Bertz CT molecular complexity index is 782. The van der Waals surface area contributed by atoms with Crippen molar-refractivity contribution in [3.63, 3.8) is 0 Å². The van der Waals surface area contributed by atoms with Crippen LogP contribution in [0.15, 0.2) is 48.5 Å². The van der Waals surface area contributed by atoms with Crippen LogP contribution in [-0.2, 0) is 0 Å². The average Bonchev–Trinajstić information content (AvgIpc) is 2.67. The summed E-state index contributed by atoms with van der Waals surface area (Å²) in [5.74, 6) is -0.882. The summed E-state index contributed by atoms with van der Waals surface area (Å²) in [6.07, 6.45) is 4.90. The number of nitrogens with zero attached hydrogens (tertiary/aromatic N) is 1. The van der Waals surface area contributed by atoms with E-state index in [4.69, 9.17) is 5.73 Å². The van der Waals surface area contributed by atoms with Gasteiger partial charge in [0.25, 0.3) is 5.91 Å². The van der Waals surface area contributed by atoms with Crippen molar-refractivity contribution in [1.82, 2.24) is 5.06 Å². The standard InChI is InChI=1S/C20H22N2O3/c21-19(23)16-8-4-6-14(12-16)15-7-5-9-17(13-15)20(24)22(25)18-10-2-1-3-11-18/h4-9,12-13,18,25H,1-3,10-11H2,(H2,21,23). The van der Waals surface area contributed by atoms with Gasteiger partial charge >= 0.3 is 0 Å². The highest BCUT2D eigenvalue weighted by molar-refractivity contribution is 5.96. The van der Waals surface area contributed by atoms with Crippen LogP contribution in [0, 0.1) is 0 Å². The number of primary amides is 1. The predicted octanol–water partition coefficient (Wildman–Crippen LogP) is 3.62. The van der Waals surface area contributed by atoms with Gasteiger partial charge in [0.05, 0.1) is 6.04 Å². The van der Waals surface area contributed by atoms with E-state index >= 15 is 0 Å². The molecule has 2 amide bonds. The van der Waals surface area contributed by atoms with E-state index in [9.17, 15) is 14.8 Å². The Morgan fingerprint density at radius 3 is 2.08 bits per heavy atom. The number of rotatable bonds is 4. The van der Waals surface area contributed by atoms with E-state index < -0.39 is 5.91 Å². The fourth-order valence-electron chi connectivity index (χ4n) is 3.31. The Morgan fingerprint density at radius 2 is 1.48 bits per heavy atom. The molecule has 3 N–H and O–H groups in total. The Balaban J connectivity index is 1.84. The Hall–Kier alpha value is -2.66. The van der Waals surface area contributed by atoms with Gasteiger partial charge in [0.15, 0.2) is 0 Å². The van der Waals surface area contributed by atoms with Crippen LogP contribution in [0.3, 0.4) is 0 Å². The Kier molecular flexibility index (Phi) is 5.14. The van der Waals surface area contributed by atoms with Crippen LogP contribution < -0.4 is 5.73 Å². The normalized spacial score (nSPS) is 14.9. The van der Waals surface area contributed by atoms with Crippen LogP contribution in [0.4, 0.5) is 0 Å². The van der Waals surface area contributed by atoms with Crippen LogP contribution in [0.25, 0.3) is 11.1 Å². The van der Waals surface area contributed by atoms with Gasteiger partial charge in [-0.25, -0.2) is 5.06 Å². The summed E-state index contributed by atoms with van der Waals surface area (Å²) in [5.41, 5.74) is 7.77. The second kappa shape index (κ2) is 7.49. The van der Waals surface area contributed by atoms with Gasteiger partial charge in [-0.05, 0) is 48.2 Å². The molecule has 0 saturated heterocycles. The molecule has 1 fully saturated rings. The number of amides is 2. The lowest BCUT2D eigenvalue weighted by Crippen LogP contribution is -2.38. The minimum absolute atomic E-state index is 0.108. The minimum Gasteiger partial charge on any atom is -0.366 e. The zero-order chi connectivity index (χ0) is 17.8. The monoisotopic (exact) mass is 338 g/mol. The quantitative estimate of drug-likeness (QED) is 0.660. The lowest BCUT2D eigenvalue weighted by atomic mass is 9.94. The third-order valence-electron chi connectivity index (χ3n) is 4.72. The smallest absolute Gasteiger partial charge is 0.277 e. The van der Waals surface area contributed by atoms with Crippen LogP contribution in [0.1, 0.15) is 52.8 Å². The molecule has 1 aliphatic rings. The van der Waals surface area contributed by atoms with E-state index in [1.54, 1.807) is 36.4 Å². The van der Waals surface area contributed by atoms with Crippen LogP contribution >= 0.6 is 0 Å². The van der Waals surface area contributed by atoms with E-state index in [0.29, 0.717) is 11.1 Å². The third kappa shape index (κ3) is 3.88. The highest BCUT2D eigenvalue weighted by atomic mass is 16.5.